The Balaban J connectivity index is 6.64. The van der Waals surface area contributed by atoms with Crippen LogP contribution in [0.15, 0.2) is 0 Å². The first-order chi connectivity index (χ1) is 15.2. The molecule has 0 aromatic carbocycles. The molecule has 0 aromatic rings. The van der Waals surface area contributed by atoms with Gasteiger partial charge in [0, 0.05) is 0 Å². The fourth-order valence-corrected chi connectivity index (χ4v) is 131. The maximum Gasteiger partial charge on any atom is 0.333 e. The molecule has 0 heterocycles. The topological polar surface area (TPSA) is 138 Å². The molecule has 33 heavy (non-hydrogen) atoms. The normalized spacial score (nSPS) is 19.5. The Morgan fingerprint density at radius 1 is 0.758 bits per heavy atom. The van der Waals surface area contributed by atoms with Crippen LogP contribution in [0.5, 0.6) is 0 Å². The first-order valence-electron chi connectivity index (χ1n) is 11.2. The Kier molecular flexibility index (Phi) is 17.0. The molecule has 2 atom stereocenters. The summed E-state index contributed by atoms with van der Waals surface area (Å²) in [6.45, 7) is 8.87. The van der Waals surface area contributed by atoms with Crippen LogP contribution in [0.2, 0.25) is 51.4 Å². The zero-order valence-corrected chi connectivity index (χ0v) is 34.5. The minimum Gasteiger partial charge on any atom is -0.440 e. The molecule has 0 rings (SSSR count). The quantitative estimate of drug-likeness (QED) is 0.0556. The smallest absolute Gasteiger partial charge is 0.333 e. The fourth-order valence-electron chi connectivity index (χ4n) is 4.11. The second kappa shape index (κ2) is 15.8. The lowest BCUT2D eigenvalue weighted by atomic mass is 10.6. The van der Waals surface area contributed by atoms with E-state index in [1.54, 1.807) is 0 Å². The lowest BCUT2D eigenvalue weighted by molar-refractivity contribution is 0.326. The molecule has 2 unspecified atom stereocenters. The minimum atomic E-state index is -3.75. The summed E-state index contributed by atoms with van der Waals surface area (Å²) in [5.41, 5.74) is 0. The molecule has 0 radical (unpaired) electrons. The molecule has 0 amide bonds. The molecule has 5 N–H and O–H groups in total. The summed E-state index contributed by atoms with van der Waals surface area (Å²) in [5, 5.41) is 0. The van der Waals surface area contributed by atoms with Gasteiger partial charge in [-0.1, -0.05) is 19.1 Å². The molecule has 9 nitrogen and oxygen atoms in total. The highest BCUT2D eigenvalue weighted by Crippen LogP contribution is 2.33. The summed E-state index contributed by atoms with van der Waals surface area (Å²) in [4.78, 5) is 53.3. The van der Waals surface area contributed by atoms with Crippen molar-refractivity contribution >= 4 is 111 Å². The lowest BCUT2D eigenvalue weighted by Gasteiger charge is -2.51. The molecule has 0 saturated carbocycles. The van der Waals surface area contributed by atoms with Crippen LogP contribution in [0.1, 0.15) is 12.8 Å². The van der Waals surface area contributed by atoms with E-state index in [2.05, 4.69) is 51.4 Å². The van der Waals surface area contributed by atoms with Crippen molar-refractivity contribution in [2.24, 2.45) is 0 Å². The highest BCUT2D eigenvalue weighted by atomic mass is 32.1. The van der Waals surface area contributed by atoms with Crippen molar-refractivity contribution in [1.29, 1.82) is 0 Å². The zero-order chi connectivity index (χ0) is 26.0. The number of rotatable bonds is 19. The van der Waals surface area contributed by atoms with Gasteiger partial charge in [0.25, 0.3) is 26.9 Å². The average Bonchev–Trinajstić information content (AvgIpc) is 2.72. The predicted molar refractivity (Wildman–Crippen MR) is 167 cm³/mol. The first kappa shape index (κ1) is 35.5. The van der Waals surface area contributed by atoms with Crippen LogP contribution in [0.4, 0.5) is 0 Å². The van der Waals surface area contributed by atoms with Crippen LogP contribution in [0.25, 0.3) is 0 Å². The Hall–Kier alpha value is 2.51. The SMILES string of the molecule is C[Si](C)(CCCS)O[Si](C)(C)O[Si](O[SiH2]O)([SiH](O)[Si](C)(C)CCCS)[Si](O[SiH2]O)([SiH2]O)[SiH2]O. The summed E-state index contributed by atoms with van der Waals surface area (Å²) < 4.78 is 25.6. The molecule has 21 heteroatoms. The van der Waals surface area contributed by atoms with Crippen molar-refractivity contribution in [2.45, 2.75) is 64.2 Å². The van der Waals surface area contributed by atoms with Crippen LogP contribution in [-0.2, 0) is 16.5 Å². The van der Waals surface area contributed by atoms with Crippen LogP contribution < -0.4 is 0 Å². The Morgan fingerprint density at radius 2 is 1.24 bits per heavy atom. The summed E-state index contributed by atoms with van der Waals surface area (Å²) >= 11 is 8.65. The van der Waals surface area contributed by atoms with Gasteiger partial charge in [-0.25, -0.2) is 0 Å². The van der Waals surface area contributed by atoms with Crippen molar-refractivity contribution < 1.29 is 40.4 Å². The van der Waals surface area contributed by atoms with Crippen LogP contribution >= 0.6 is 25.3 Å². The van der Waals surface area contributed by atoms with Crippen molar-refractivity contribution in [2.75, 3.05) is 11.5 Å². The molecular weight excluding hydrogens is 633 g/mol. The van der Waals surface area contributed by atoms with Gasteiger partial charge in [0.15, 0.2) is 26.9 Å². The van der Waals surface area contributed by atoms with E-state index in [0.717, 1.165) is 30.7 Å². The number of hydrogen-bond acceptors (Lipinski definition) is 11. The van der Waals surface area contributed by atoms with Gasteiger partial charge in [-0.2, -0.15) is 25.3 Å². The highest BCUT2D eigenvalue weighted by Gasteiger charge is 2.70. The van der Waals surface area contributed by atoms with Crippen molar-refractivity contribution in [3.63, 3.8) is 0 Å². The van der Waals surface area contributed by atoms with Crippen molar-refractivity contribution in [1.82, 2.24) is 0 Å². The molecule has 0 aliphatic heterocycles. The highest BCUT2D eigenvalue weighted by molar-refractivity contribution is 7.88. The van der Waals surface area contributed by atoms with E-state index in [1.807, 2.05) is 13.1 Å². The summed E-state index contributed by atoms with van der Waals surface area (Å²) in [6.07, 6.45) is 1.77. The van der Waals surface area contributed by atoms with Gasteiger partial charge < -0.3 is 40.4 Å². The largest absolute Gasteiger partial charge is 0.440 e. The Labute approximate surface area is 225 Å². The standard InChI is InChI=1S/C12H46O9S2Si10/c1-29(2,11-7-9-22)20-31(5,6)21-32(18-24-13,33(26-15,27-16)19-25-14)28(17)30(3,4)12-8-10-23/h13-17,22-23,28H,7-12,24-27H2,1-6H3. The van der Waals surface area contributed by atoms with Gasteiger partial charge in [0.1, 0.15) is 0 Å². The maximum atomic E-state index is 12.0. The zero-order valence-electron chi connectivity index (χ0n) is 20.9. The molecule has 0 aromatic heterocycles. The first-order valence-corrected chi connectivity index (χ1v) is 38.8. The monoisotopic (exact) mass is 678 g/mol. The van der Waals surface area contributed by atoms with Gasteiger partial charge in [-0.15, -0.1) is 0 Å². The number of hydrogen-bond donors (Lipinski definition) is 7. The minimum absolute atomic E-state index is 0.697. The van der Waals surface area contributed by atoms with Gasteiger partial charge in [0.2, 0.25) is 8.08 Å². The predicted octanol–water partition coefficient (Wildman–Crippen LogP) is -3.23. The van der Waals surface area contributed by atoms with Gasteiger partial charge >= 0.3 is 16.2 Å². The summed E-state index contributed by atoms with van der Waals surface area (Å²) in [5.74, 6) is 1.47. The van der Waals surface area contributed by atoms with E-state index < -0.39 is 85.6 Å². The second-order valence-corrected chi connectivity index (χ2v) is 65.9. The van der Waals surface area contributed by atoms with E-state index in [1.165, 1.54) is 0 Å². The molecular formula is C12H46O9S2Si10. The Bertz CT molecular complexity index is 564. The molecule has 0 aliphatic rings. The second-order valence-electron chi connectivity index (χ2n) is 9.93. The third-order valence-corrected chi connectivity index (χ3v) is 93.8. The van der Waals surface area contributed by atoms with Crippen molar-refractivity contribution in [3.05, 3.63) is 0 Å². The van der Waals surface area contributed by atoms with Crippen LogP contribution in [-0.4, -0.2) is 121 Å². The third kappa shape index (κ3) is 10.3. The lowest BCUT2D eigenvalue weighted by Crippen LogP contribution is -2.88. The molecule has 0 aliphatic carbocycles. The van der Waals surface area contributed by atoms with Gasteiger partial charge in [-0.05, 0) is 56.6 Å². The van der Waals surface area contributed by atoms with Gasteiger partial charge in [-0.3, -0.25) is 0 Å². The van der Waals surface area contributed by atoms with Crippen molar-refractivity contribution in [3.8, 4) is 0 Å². The van der Waals surface area contributed by atoms with E-state index >= 15 is 0 Å². The molecule has 0 bridgehead atoms. The van der Waals surface area contributed by atoms with E-state index in [9.17, 15) is 24.0 Å². The number of thiol groups is 2. The average molecular weight is 679 g/mol. The molecule has 200 valence electrons. The Morgan fingerprint density at radius 3 is 1.67 bits per heavy atom. The maximum absolute atomic E-state index is 12.0. The van der Waals surface area contributed by atoms with Crippen LogP contribution in [0, 0.1) is 0 Å². The van der Waals surface area contributed by atoms with E-state index in [0.29, 0.717) is 5.75 Å². The summed E-state index contributed by atoms with van der Waals surface area (Å²) in [7, 11) is -22.0. The fraction of sp³-hybridized carbons (Fsp3) is 1.00. The van der Waals surface area contributed by atoms with Crippen LogP contribution in [0.3, 0.4) is 0 Å². The molecule has 0 spiro atoms. The van der Waals surface area contributed by atoms with E-state index in [-0.39, 0.29) is 0 Å². The molecule has 0 fully saturated rings. The van der Waals surface area contributed by atoms with E-state index in [4.69, 9.17) is 16.5 Å². The van der Waals surface area contributed by atoms with Gasteiger partial charge in [0.05, 0.1) is 7.59 Å². The summed E-state index contributed by atoms with van der Waals surface area (Å²) in [6, 6.07) is 1.72. The molecule has 0 saturated heterocycles. The third-order valence-electron chi connectivity index (χ3n) is 5.70.